The van der Waals surface area contributed by atoms with Crippen LogP contribution < -0.4 is 5.32 Å². The summed E-state index contributed by atoms with van der Waals surface area (Å²) in [5.74, 6) is 0.539. The number of anilines is 1. The van der Waals surface area contributed by atoms with Gasteiger partial charge in [0.2, 0.25) is 0 Å². The number of hydrogen-bond acceptors (Lipinski definition) is 5. The van der Waals surface area contributed by atoms with Crippen molar-refractivity contribution in [2.75, 3.05) is 5.32 Å². The molecule has 148 valence electrons. The number of benzene rings is 1. The Morgan fingerprint density at radius 1 is 1.18 bits per heavy atom. The zero-order valence-electron chi connectivity index (χ0n) is 16.6. The predicted octanol–water partition coefficient (Wildman–Crippen LogP) is 4.35. The predicted molar refractivity (Wildman–Crippen MR) is 107 cm³/mol. The van der Waals surface area contributed by atoms with Crippen LogP contribution in [-0.4, -0.2) is 27.9 Å². The number of esters is 1. The van der Waals surface area contributed by atoms with E-state index >= 15 is 0 Å². The van der Waals surface area contributed by atoms with Gasteiger partial charge in [0.15, 0.2) is 0 Å². The lowest BCUT2D eigenvalue weighted by molar-refractivity contribution is -0.0173. The zero-order chi connectivity index (χ0) is 20.1. The molecule has 3 rings (SSSR count). The molecule has 1 aliphatic rings. The van der Waals surface area contributed by atoms with Gasteiger partial charge in [0.05, 0.1) is 17.4 Å². The molecule has 6 nitrogen and oxygen atoms in total. The van der Waals surface area contributed by atoms with E-state index in [0.717, 1.165) is 12.8 Å². The smallest absolute Gasteiger partial charge is 0.340 e. The molecule has 0 spiro atoms. The second-order valence-corrected chi connectivity index (χ2v) is 7.86. The van der Waals surface area contributed by atoms with E-state index < -0.39 is 11.9 Å². The average Bonchev–Trinajstić information content (AvgIpc) is 2.68. The number of para-hydroxylation sites is 1. The van der Waals surface area contributed by atoms with Gasteiger partial charge >= 0.3 is 5.97 Å². The molecular weight excluding hydrogens is 354 g/mol. The summed E-state index contributed by atoms with van der Waals surface area (Å²) in [4.78, 5) is 33.2. The van der Waals surface area contributed by atoms with Crippen molar-refractivity contribution in [1.29, 1.82) is 0 Å². The number of amides is 1. The Balaban J connectivity index is 1.76. The molecule has 1 aliphatic carbocycles. The molecule has 0 saturated heterocycles. The van der Waals surface area contributed by atoms with E-state index in [0.29, 0.717) is 29.0 Å². The molecule has 0 aliphatic heterocycles. The highest BCUT2D eigenvalue weighted by Gasteiger charge is 2.34. The van der Waals surface area contributed by atoms with Crippen LogP contribution in [0.2, 0.25) is 0 Å². The minimum Gasteiger partial charge on any atom is -0.458 e. The van der Waals surface area contributed by atoms with Crippen molar-refractivity contribution < 1.29 is 14.3 Å². The average molecular weight is 381 g/mol. The number of ether oxygens (including phenoxy) is 1. The van der Waals surface area contributed by atoms with Crippen LogP contribution in [0.4, 0.5) is 5.69 Å². The number of nitrogens with one attached hydrogen (secondary N) is 1. The molecule has 1 N–H and O–H groups in total. The fourth-order valence-electron chi connectivity index (χ4n) is 3.82. The summed E-state index contributed by atoms with van der Waals surface area (Å²) in [6, 6.07) is 6.89. The Labute approximate surface area is 165 Å². The van der Waals surface area contributed by atoms with Gasteiger partial charge in [-0.1, -0.05) is 39.3 Å². The Bertz CT molecular complexity index is 823. The molecular formula is C22H27N3O3. The maximum Gasteiger partial charge on any atom is 0.340 e. The number of rotatable bonds is 5. The van der Waals surface area contributed by atoms with Gasteiger partial charge in [-0.2, -0.15) is 0 Å². The zero-order valence-corrected chi connectivity index (χ0v) is 16.6. The first-order valence-electron chi connectivity index (χ1n) is 9.83. The number of aromatic nitrogens is 2. The van der Waals surface area contributed by atoms with Crippen LogP contribution in [0, 0.1) is 17.8 Å². The summed E-state index contributed by atoms with van der Waals surface area (Å²) in [6.45, 7) is 6.56. The lowest BCUT2D eigenvalue weighted by atomic mass is 9.75. The Hall–Kier alpha value is -2.76. The minimum atomic E-state index is -0.417. The lowest BCUT2D eigenvalue weighted by Gasteiger charge is -2.36. The fourth-order valence-corrected chi connectivity index (χ4v) is 3.82. The van der Waals surface area contributed by atoms with Crippen molar-refractivity contribution in [2.45, 2.75) is 46.1 Å². The van der Waals surface area contributed by atoms with Crippen molar-refractivity contribution in [3.63, 3.8) is 0 Å². The lowest BCUT2D eigenvalue weighted by Crippen LogP contribution is -2.36. The highest BCUT2D eigenvalue weighted by atomic mass is 16.5. The molecule has 1 aromatic heterocycles. The molecule has 1 saturated carbocycles. The quantitative estimate of drug-likeness (QED) is 0.779. The highest BCUT2D eigenvalue weighted by molar-refractivity contribution is 6.06. The summed E-state index contributed by atoms with van der Waals surface area (Å²) in [5.41, 5.74) is 0.945. The van der Waals surface area contributed by atoms with E-state index in [-0.39, 0.29) is 11.8 Å². The Morgan fingerprint density at radius 2 is 1.96 bits per heavy atom. The van der Waals surface area contributed by atoms with E-state index in [9.17, 15) is 9.59 Å². The molecule has 2 aromatic rings. The van der Waals surface area contributed by atoms with Gasteiger partial charge in [0.25, 0.3) is 5.91 Å². The SMILES string of the molecule is CC(C)[C@H]1CC[C@@H](C)C[C@@H]1OC(=O)c1ccccc1NC(=O)c1cnccn1. The monoisotopic (exact) mass is 381 g/mol. The topological polar surface area (TPSA) is 81.2 Å². The van der Waals surface area contributed by atoms with Crippen molar-refractivity contribution >= 4 is 17.6 Å². The molecule has 0 unspecified atom stereocenters. The van der Waals surface area contributed by atoms with Crippen LogP contribution in [-0.2, 0) is 4.74 Å². The van der Waals surface area contributed by atoms with Crippen molar-refractivity contribution in [1.82, 2.24) is 9.97 Å². The van der Waals surface area contributed by atoms with Gasteiger partial charge in [-0.25, -0.2) is 9.78 Å². The molecule has 28 heavy (non-hydrogen) atoms. The first-order chi connectivity index (χ1) is 13.5. The standard InChI is InChI=1S/C22H27N3O3/c1-14(2)16-9-8-15(3)12-20(16)28-22(27)17-6-4-5-7-18(17)25-21(26)19-13-23-10-11-24-19/h4-7,10-11,13-16,20H,8-9,12H2,1-3H3,(H,25,26)/t15-,16-,20+/m1/s1. The molecule has 0 radical (unpaired) electrons. The highest BCUT2D eigenvalue weighted by Crippen LogP contribution is 2.36. The molecule has 1 aromatic carbocycles. The number of nitrogens with zero attached hydrogens (tertiary/aromatic N) is 2. The first kappa shape index (κ1) is 20.0. The van der Waals surface area contributed by atoms with E-state index in [2.05, 4.69) is 36.1 Å². The number of hydrogen-bond donors (Lipinski definition) is 1. The summed E-state index contributed by atoms with van der Waals surface area (Å²) < 4.78 is 5.93. The minimum absolute atomic E-state index is 0.0972. The third-order valence-electron chi connectivity index (χ3n) is 5.41. The normalized spacial score (nSPS) is 21.9. The summed E-state index contributed by atoms with van der Waals surface area (Å²) in [6.07, 6.45) is 7.35. The van der Waals surface area contributed by atoms with E-state index in [1.807, 2.05) is 0 Å². The molecule has 1 heterocycles. The van der Waals surface area contributed by atoms with E-state index in [1.54, 1.807) is 24.3 Å². The maximum atomic E-state index is 12.9. The second kappa shape index (κ2) is 8.95. The third-order valence-corrected chi connectivity index (χ3v) is 5.41. The summed E-state index contributed by atoms with van der Waals surface area (Å²) in [7, 11) is 0. The molecule has 3 atom stereocenters. The number of carbonyl (C=O) groups excluding carboxylic acids is 2. The summed E-state index contributed by atoms with van der Waals surface area (Å²) in [5, 5.41) is 2.75. The van der Waals surface area contributed by atoms with Crippen LogP contribution in [0.15, 0.2) is 42.9 Å². The van der Waals surface area contributed by atoms with Crippen molar-refractivity contribution in [3.05, 3.63) is 54.1 Å². The van der Waals surface area contributed by atoms with E-state index in [1.165, 1.54) is 25.0 Å². The molecule has 1 fully saturated rings. The van der Waals surface area contributed by atoms with Crippen LogP contribution >= 0.6 is 0 Å². The first-order valence-corrected chi connectivity index (χ1v) is 9.83. The largest absolute Gasteiger partial charge is 0.458 e. The van der Waals surface area contributed by atoms with Crippen molar-refractivity contribution in [2.24, 2.45) is 17.8 Å². The Morgan fingerprint density at radius 3 is 2.68 bits per heavy atom. The van der Waals surface area contributed by atoms with Gasteiger partial charge in [0.1, 0.15) is 11.8 Å². The van der Waals surface area contributed by atoms with Crippen LogP contribution in [0.25, 0.3) is 0 Å². The van der Waals surface area contributed by atoms with Crippen LogP contribution in [0.1, 0.15) is 60.9 Å². The van der Waals surface area contributed by atoms with Crippen LogP contribution in [0.5, 0.6) is 0 Å². The van der Waals surface area contributed by atoms with Gasteiger partial charge in [-0.05, 0) is 42.7 Å². The fraction of sp³-hybridized carbons (Fsp3) is 0.455. The van der Waals surface area contributed by atoms with Gasteiger partial charge < -0.3 is 10.1 Å². The Kier molecular flexibility index (Phi) is 6.39. The second-order valence-electron chi connectivity index (χ2n) is 7.86. The van der Waals surface area contributed by atoms with E-state index in [4.69, 9.17) is 4.74 Å². The molecule has 1 amide bonds. The molecule has 0 bridgehead atoms. The molecule has 6 heteroatoms. The number of carbonyl (C=O) groups is 2. The van der Waals surface area contributed by atoms with Crippen LogP contribution in [0.3, 0.4) is 0 Å². The van der Waals surface area contributed by atoms with Gasteiger partial charge in [-0.15, -0.1) is 0 Å². The van der Waals surface area contributed by atoms with Crippen molar-refractivity contribution in [3.8, 4) is 0 Å². The summed E-state index contributed by atoms with van der Waals surface area (Å²) >= 11 is 0. The third kappa shape index (κ3) is 4.74. The maximum absolute atomic E-state index is 12.9. The van der Waals surface area contributed by atoms with Gasteiger partial charge in [-0.3, -0.25) is 9.78 Å². The van der Waals surface area contributed by atoms with Gasteiger partial charge in [0, 0.05) is 12.4 Å².